The molecule has 2 fully saturated rings. The van der Waals surface area contributed by atoms with Crippen molar-refractivity contribution in [3.63, 3.8) is 0 Å². The Kier molecular flexibility index (Phi) is 6.79. The first-order valence-electron chi connectivity index (χ1n) is 13.6. The molecule has 11 nitrogen and oxygen atoms in total. The van der Waals surface area contributed by atoms with Gasteiger partial charge in [-0.3, -0.25) is 14.3 Å². The van der Waals surface area contributed by atoms with Gasteiger partial charge in [0.15, 0.2) is 29.1 Å². The Labute approximate surface area is 240 Å². The van der Waals surface area contributed by atoms with Crippen LogP contribution in [0.25, 0.3) is 27.3 Å². The fraction of sp³-hybridized carbons (Fsp3) is 0.370. The average Bonchev–Trinajstić information content (AvgIpc) is 3.77. The first-order valence-corrected chi connectivity index (χ1v) is 14.4. The van der Waals surface area contributed by atoms with E-state index in [9.17, 15) is 18.0 Å². The quantitative estimate of drug-likeness (QED) is 0.291. The summed E-state index contributed by atoms with van der Waals surface area (Å²) in [4.78, 5) is 21.3. The van der Waals surface area contributed by atoms with Gasteiger partial charge in [-0.05, 0) is 18.2 Å². The highest BCUT2D eigenvalue weighted by Gasteiger charge is 2.30. The molecular weight excluding hydrogens is 573 g/mol. The van der Waals surface area contributed by atoms with Crippen LogP contribution in [0.2, 0.25) is 0 Å². The van der Waals surface area contributed by atoms with Crippen LogP contribution < -0.4 is 25.6 Å². The van der Waals surface area contributed by atoms with Gasteiger partial charge in [-0.15, -0.1) is 0 Å². The molecule has 0 saturated carbocycles. The number of fused-ring (bicyclic) bond motifs is 3. The summed E-state index contributed by atoms with van der Waals surface area (Å²) in [5.74, 6) is -0.977. The Hall–Kier alpha value is -4.08. The van der Waals surface area contributed by atoms with Gasteiger partial charge in [0.25, 0.3) is 0 Å². The Morgan fingerprint density at radius 2 is 1.95 bits per heavy atom. The van der Waals surface area contributed by atoms with Crippen LogP contribution in [0.3, 0.4) is 0 Å². The molecule has 1 aromatic carbocycles. The summed E-state index contributed by atoms with van der Waals surface area (Å²) >= 11 is 1.09. The van der Waals surface area contributed by atoms with Gasteiger partial charge in [0, 0.05) is 64.5 Å². The minimum absolute atomic E-state index is 0.139. The van der Waals surface area contributed by atoms with Crippen molar-refractivity contribution in [1.29, 1.82) is 0 Å². The van der Waals surface area contributed by atoms with Gasteiger partial charge >= 0.3 is 4.87 Å². The van der Waals surface area contributed by atoms with Crippen LogP contribution in [0.15, 0.2) is 45.8 Å². The monoisotopic (exact) mass is 600 g/mol. The van der Waals surface area contributed by atoms with Crippen molar-refractivity contribution in [3.8, 4) is 17.2 Å². The van der Waals surface area contributed by atoms with E-state index < -0.39 is 23.9 Å². The van der Waals surface area contributed by atoms with Crippen LogP contribution in [0.5, 0.6) is 5.75 Å². The molecule has 0 unspecified atom stereocenters. The number of anilines is 2. The third-order valence-corrected chi connectivity index (χ3v) is 8.73. The topological polar surface area (TPSA) is 119 Å². The maximum absolute atomic E-state index is 14.8. The molecule has 6 heterocycles. The molecule has 42 heavy (non-hydrogen) atoms. The van der Waals surface area contributed by atoms with Crippen molar-refractivity contribution in [2.24, 2.45) is 0 Å². The predicted molar refractivity (Wildman–Crippen MR) is 152 cm³/mol. The Bertz CT molecular complexity index is 1810. The van der Waals surface area contributed by atoms with Crippen molar-refractivity contribution in [1.82, 2.24) is 29.4 Å². The highest BCUT2D eigenvalue weighted by molar-refractivity contribution is 7.17. The van der Waals surface area contributed by atoms with Gasteiger partial charge in [0.2, 0.25) is 5.95 Å². The predicted octanol–water partition coefficient (Wildman–Crippen LogP) is 2.74. The largest absolute Gasteiger partial charge is 0.483 e. The second-order valence-electron chi connectivity index (χ2n) is 10.3. The lowest BCUT2D eigenvalue weighted by atomic mass is 10.2. The van der Waals surface area contributed by atoms with Gasteiger partial charge in [-0.25, -0.2) is 13.2 Å². The first-order chi connectivity index (χ1) is 20.4. The fourth-order valence-corrected chi connectivity index (χ4v) is 6.46. The number of ether oxygens (including phenoxy) is 1. The van der Waals surface area contributed by atoms with Crippen LogP contribution in [0.1, 0.15) is 0 Å². The van der Waals surface area contributed by atoms with Crippen LogP contribution in [0.4, 0.5) is 24.8 Å². The Balaban J connectivity index is 1.04. The Morgan fingerprint density at radius 3 is 2.69 bits per heavy atom. The maximum atomic E-state index is 14.8. The van der Waals surface area contributed by atoms with E-state index in [2.05, 4.69) is 20.3 Å². The molecule has 5 aromatic rings. The van der Waals surface area contributed by atoms with E-state index in [0.29, 0.717) is 66.6 Å². The lowest BCUT2D eigenvalue weighted by Crippen LogP contribution is -2.47. The summed E-state index contributed by atoms with van der Waals surface area (Å²) in [6.07, 6.45) is -0.519. The van der Waals surface area contributed by atoms with E-state index in [-0.39, 0.29) is 35.3 Å². The zero-order chi connectivity index (χ0) is 29.0. The Morgan fingerprint density at radius 1 is 1.12 bits per heavy atom. The molecule has 2 atom stereocenters. The number of halogens is 3. The highest BCUT2D eigenvalue weighted by Crippen LogP contribution is 2.31. The molecule has 2 aliphatic heterocycles. The van der Waals surface area contributed by atoms with E-state index in [1.165, 1.54) is 10.6 Å². The number of thiazole rings is 1. The summed E-state index contributed by atoms with van der Waals surface area (Å²) in [6, 6.07) is 7.48. The van der Waals surface area contributed by atoms with E-state index in [4.69, 9.17) is 14.9 Å². The number of benzene rings is 1. The van der Waals surface area contributed by atoms with E-state index in [0.717, 1.165) is 17.4 Å². The molecule has 15 heteroatoms. The van der Waals surface area contributed by atoms with Gasteiger partial charge in [0.1, 0.15) is 22.3 Å². The number of aromatic nitrogens is 4. The number of rotatable bonds is 7. The molecule has 3 N–H and O–H groups in total. The summed E-state index contributed by atoms with van der Waals surface area (Å²) in [5.41, 5.74) is 8.18. The summed E-state index contributed by atoms with van der Waals surface area (Å²) < 4.78 is 57.9. The van der Waals surface area contributed by atoms with Gasteiger partial charge < -0.3 is 25.1 Å². The number of alkyl halides is 1. The van der Waals surface area contributed by atoms with Crippen molar-refractivity contribution < 1.29 is 22.3 Å². The van der Waals surface area contributed by atoms with Gasteiger partial charge in [-0.2, -0.15) is 14.6 Å². The van der Waals surface area contributed by atoms with Crippen LogP contribution >= 0.6 is 11.3 Å². The number of nitrogen functional groups attached to an aromatic ring is 1. The molecule has 2 aliphatic rings. The number of furan rings is 1. The minimum Gasteiger partial charge on any atom is -0.483 e. The number of nitrogens with two attached hydrogens (primary N) is 1. The van der Waals surface area contributed by atoms with Crippen molar-refractivity contribution in [2.45, 2.75) is 18.8 Å². The molecule has 0 bridgehead atoms. The third kappa shape index (κ3) is 4.76. The average molecular weight is 601 g/mol. The smallest absolute Gasteiger partial charge is 0.309 e. The standard InChI is InChI=1S/C27H27F3N8O3S/c28-15-10-16(29)22(41-23-14-32-13-17(23)30)12-19(15)36-6-3-35(4-7-36)5-8-37-25-24(42-27(37)39)20-11-18(21-2-1-9-40-21)34-38(20)26(31)33-25/h1-2,9-12,17,23,32H,3-8,13-14H2,(H2,31,33)/t17-,23+/m0/s1. The SMILES string of the molecule is Nc1nc2c(sc(=O)n2CCN2CCN(c3cc(O[C@@H]4CNC[C@@H]4F)c(F)cc3F)CC2)c2cc(-c3ccco3)nn12. The van der Waals surface area contributed by atoms with Crippen LogP contribution in [-0.4, -0.2) is 82.2 Å². The molecule has 0 aliphatic carbocycles. The number of hydrogen-bond donors (Lipinski definition) is 2. The number of nitrogens with zero attached hydrogens (tertiary/aromatic N) is 6. The van der Waals surface area contributed by atoms with Crippen molar-refractivity contribution in [3.05, 3.63) is 57.9 Å². The van der Waals surface area contributed by atoms with Crippen molar-refractivity contribution in [2.75, 3.05) is 56.4 Å². The lowest BCUT2D eigenvalue weighted by molar-refractivity contribution is 0.134. The summed E-state index contributed by atoms with van der Waals surface area (Å²) in [7, 11) is 0. The van der Waals surface area contributed by atoms with E-state index in [1.807, 2.05) is 11.0 Å². The molecule has 0 spiro atoms. The molecule has 4 aromatic heterocycles. The molecule has 7 rings (SSSR count). The highest BCUT2D eigenvalue weighted by atomic mass is 32.1. The third-order valence-electron chi connectivity index (χ3n) is 7.74. The minimum atomic E-state index is -1.26. The van der Waals surface area contributed by atoms with Crippen LogP contribution in [0, 0.1) is 11.6 Å². The number of hydrogen-bond acceptors (Lipinski definition) is 10. The van der Waals surface area contributed by atoms with Crippen molar-refractivity contribution >= 4 is 38.8 Å². The molecular formula is C27H27F3N8O3S. The fourth-order valence-electron chi connectivity index (χ4n) is 5.50. The van der Waals surface area contributed by atoms with Gasteiger partial charge in [0.05, 0.1) is 17.5 Å². The normalized spacial score (nSPS) is 19.8. The van der Waals surface area contributed by atoms with Gasteiger partial charge in [-0.1, -0.05) is 11.3 Å². The summed E-state index contributed by atoms with van der Waals surface area (Å²) in [6.45, 7) is 3.51. The first kappa shape index (κ1) is 26.8. The molecule has 2 saturated heterocycles. The summed E-state index contributed by atoms with van der Waals surface area (Å²) in [5, 5.41) is 7.34. The zero-order valence-corrected chi connectivity index (χ0v) is 23.1. The maximum Gasteiger partial charge on any atom is 0.309 e. The van der Waals surface area contributed by atoms with E-state index >= 15 is 0 Å². The number of nitrogens with one attached hydrogen (secondary N) is 1. The zero-order valence-electron chi connectivity index (χ0n) is 22.3. The molecule has 0 amide bonds. The second kappa shape index (κ2) is 10.6. The molecule has 0 radical (unpaired) electrons. The number of piperazine rings is 1. The molecule has 220 valence electrons. The second-order valence-corrected chi connectivity index (χ2v) is 11.3. The lowest BCUT2D eigenvalue weighted by Gasteiger charge is -2.36. The van der Waals surface area contributed by atoms with E-state index in [1.54, 1.807) is 23.0 Å². The van der Waals surface area contributed by atoms with Crippen LogP contribution in [-0.2, 0) is 6.54 Å².